The molecule has 9 nitrogen and oxygen atoms in total. The fraction of sp³-hybridized carbons (Fsp3) is 0.0769. The van der Waals surface area contributed by atoms with E-state index < -0.39 is 16.8 Å². The molecule has 0 radical (unpaired) electrons. The van der Waals surface area contributed by atoms with Crippen LogP contribution < -0.4 is 15.2 Å². The zero-order valence-electron chi connectivity index (χ0n) is 18.7. The Morgan fingerprint density at radius 2 is 1.92 bits per heavy atom. The maximum atomic E-state index is 12.9. The van der Waals surface area contributed by atoms with Crippen LogP contribution in [0.1, 0.15) is 33.2 Å². The average Bonchev–Trinajstić information content (AvgIpc) is 3.18. The number of ether oxygens (including phenoxy) is 2. The van der Waals surface area contributed by atoms with E-state index in [0.717, 1.165) is 9.86 Å². The number of furan rings is 1. The minimum atomic E-state index is -0.677. The van der Waals surface area contributed by atoms with Crippen molar-refractivity contribution >= 4 is 38.6 Å². The van der Waals surface area contributed by atoms with Crippen molar-refractivity contribution in [3.63, 3.8) is 0 Å². The lowest BCUT2D eigenvalue weighted by atomic mass is 9.83. The van der Waals surface area contributed by atoms with E-state index >= 15 is 0 Å². The molecule has 0 bridgehead atoms. The van der Waals surface area contributed by atoms with E-state index in [-0.39, 0.29) is 28.7 Å². The number of benzene rings is 3. The summed E-state index contributed by atoms with van der Waals surface area (Å²) in [5.74, 6) is -0.822. The highest BCUT2D eigenvalue weighted by Crippen LogP contribution is 2.43. The molecule has 2 N–H and O–H groups in total. The number of carbonyl (C=O) groups excluding carboxylic acids is 1. The molecule has 2 heterocycles. The molecule has 10 heteroatoms. The molecule has 1 aliphatic heterocycles. The first kappa shape index (κ1) is 23.1. The smallest absolute Gasteiger partial charge is 0.379 e. The molecule has 4 aromatic rings. The van der Waals surface area contributed by atoms with Gasteiger partial charge in [0.25, 0.3) is 5.69 Å². The molecule has 1 aliphatic rings. The zero-order chi connectivity index (χ0) is 25.6. The van der Waals surface area contributed by atoms with E-state index in [4.69, 9.17) is 19.6 Å². The van der Waals surface area contributed by atoms with Crippen LogP contribution in [0, 0.1) is 28.4 Å². The number of rotatable bonds is 4. The molecular weight excluding hydrogens is 530 g/mol. The number of nitrogens with two attached hydrogens (primary N) is 1. The zero-order valence-corrected chi connectivity index (χ0v) is 20.2. The van der Waals surface area contributed by atoms with Gasteiger partial charge in [0.15, 0.2) is 0 Å². The number of carbonyl (C=O) groups is 1. The van der Waals surface area contributed by atoms with Gasteiger partial charge in [-0.15, -0.1) is 0 Å². The normalized spacial score (nSPS) is 14.6. The molecule has 0 aliphatic carbocycles. The first-order chi connectivity index (χ1) is 17.3. The van der Waals surface area contributed by atoms with Crippen molar-refractivity contribution in [1.29, 1.82) is 5.26 Å². The summed E-state index contributed by atoms with van der Waals surface area (Å²) in [6.07, 6.45) is 0. The molecule has 0 saturated heterocycles. The van der Waals surface area contributed by atoms with Crippen LogP contribution in [-0.2, 0) is 0 Å². The van der Waals surface area contributed by atoms with Gasteiger partial charge in [-0.05, 0) is 36.8 Å². The summed E-state index contributed by atoms with van der Waals surface area (Å²) in [7, 11) is 0. The molecular formula is C26H16BrN3O6. The molecule has 5 rings (SSSR count). The largest absolute Gasteiger partial charge is 0.449 e. The van der Waals surface area contributed by atoms with Crippen molar-refractivity contribution in [2.45, 2.75) is 12.8 Å². The van der Waals surface area contributed by atoms with E-state index in [1.807, 2.05) is 12.1 Å². The Balaban J connectivity index is 1.48. The fourth-order valence-corrected chi connectivity index (χ4v) is 4.52. The van der Waals surface area contributed by atoms with Crippen molar-refractivity contribution in [1.82, 2.24) is 0 Å². The van der Waals surface area contributed by atoms with Crippen molar-refractivity contribution in [2.75, 3.05) is 0 Å². The number of nitro benzene ring substituents is 1. The maximum absolute atomic E-state index is 12.9. The third kappa shape index (κ3) is 3.95. The molecule has 0 spiro atoms. The van der Waals surface area contributed by atoms with Gasteiger partial charge in [0, 0.05) is 39.2 Å². The molecule has 0 saturated carbocycles. The van der Waals surface area contributed by atoms with Crippen LogP contribution in [0.2, 0.25) is 0 Å². The number of hydrogen-bond acceptors (Lipinski definition) is 8. The minimum absolute atomic E-state index is 0.0722. The molecule has 36 heavy (non-hydrogen) atoms. The van der Waals surface area contributed by atoms with Crippen LogP contribution in [0.15, 0.2) is 81.0 Å². The third-order valence-electron chi connectivity index (χ3n) is 5.92. The van der Waals surface area contributed by atoms with Gasteiger partial charge in [0.1, 0.15) is 28.7 Å². The van der Waals surface area contributed by atoms with Crippen molar-refractivity contribution in [2.24, 2.45) is 5.73 Å². The summed E-state index contributed by atoms with van der Waals surface area (Å²) >= 11 is 3.38. The number of aryl methyl sites for hydroxylation is 1. The summed E-state index contributed by atoms with van der Waals surface area (Å²) in [6, 6.07) is 18.1. The van der Waals surface area contributed by atoms with Crippen LogP contribution in [0.5, 0.6) is 11.5 Å². The Bertz CT molecular complexity index is 1630. The highest BCUT2D eigenvalue weighted by molar-refractivity contribution is 9.10. The average molecular weight is 546 g/mol. The number of nitrogens with zero attached hydrogens (tertiary/aromatic N) is 2. The molecule has 1 atom stereocenters. The van der Waals surface area contributed by atoms with Gasteiger partial charge < -0.3 is 19.6 Å². The Morgan fingerprint density at radius 3 is 2.61 bits per heavy atom. The minimum Gasteiger partial charge on any atom is -0.449 e. The number of halogens is 1. The Morgan fingerprint density at radius 1 is 1.17 bits per heavy atom. The number of nitro groups is 1. The van der Waals surface area contributed by atoms with Gasteiger partial charge in [-0.3, -0.25) is 10.1 Å². The topological polar surface area (TPSA) is 142 Å². The number of allylic oxidation sites excluding steroid dienone is 1. The summed E-state index contributed by atoms with van der Waals surface area (Å²) in [6.45, 7) is 1.77. The van der Waals surface area contributed by atoms with Gasteiger partial charge in [-0.25, -0.2) is 4.79 Å². The molecule has 3 aromatic carbocycles. The summed E-state index contributed by atoms with van der Waals surface area (Å²) in [5, 5.41) is 21.5. The van der Waals surface area contributed by atoms with Gasteiger partial charge in [-0.1, -0.05) is 34.1 Å². The van der Waals surface area contributed by atoms with E-state index in [1.54, 1.807) is 37.3 Å². The fourth-order valence-electron chi connectivity index (χ4n) is 4.18. The molecule has 1 aromatic heterocycles. The lowest BCUT2D eigenvalue weighted by molar-refractivity contribution is -0.384. The van der Waals surface area contributed by atoms with Crippen molar-refractivity contribution in [3.8, 4) is 17.6 Å². The Kier molecular flexibility index (Phi) is 5.70. The second kappa shape index (κ2) is 8.87. The highest BCUT2D eigenvalue weighted by atomic mass is 79.9. The number of esters is 1. The van der Waals surface area contributed by atoms with E-state index in [9.17, 15) is 20.2 Å². The Hall–Kier alpha value is -4.62. The SMILES string of the molecule is Cc1c(C(=O)Oc2ccc3c(c2)OC(N)=C(C#N)C3c2ccc([N+](=O)[O-])cc2)oc2cc(Br)ccc12. The van der Waals surface area contributed by atoms with Crippen LogP contribution in [0.25, 0.3) is 11.0 Å². The number of hydrogen-bond donors (Lipinski definition) is 1. The predicted molar refractivity (Wildman–Crippen MR) is 132 cm³/mol. The van der Waals surface area contributed by atoms with Gasteiger partial charge in [-0.2, -0.15) is 5.26 Å². The molecule has 0 fully saturated rings. The number of fused-ring (bicyclic) bond motifs is 2. The summed E-state index contributed by atoms with van der Waals surface area (Å²) < 4.78 is 17.8. The van der Waals surface area contributed by atoms with Crippen LogP contribution in [-0.4, -0.2) is 10.9 Å². The first-order valence-corrected chi connectivity index (χ1v) is 11.4. The predicted octanol–water partition coefficient (Wildman–Crippen LogP) is 5.85. The standard InChI is InChI=1S/C26H16BrN3O6/c1-13-18-8-4-15(27)10-21(18)35-24(13)26(31)34-17-7-9-19-22(11-17)36-25(29)20(12-28)23(19)14-2-5-16(6-3-14)30(32)33/h2-11,23H,29H2,1H3. The van der Waals surface area contributed by atoms with Crippen LogP contribution in [0.4, 0.5) is 5.69 Å². The van der Waals surface area contributed by atoms with Gasteiger partial charge in [0.05, 0.1) is 10.8 Å². The molecule has 0 amide bonds. The molecule has 178 valence electrons. The van der Waals surface area contributed by atoms with Gasteiger partial charge >= 0.3 is 5.97 Å². The van der Waals surface area contributed by atoms with Crippen molar-refractivity contribution < 1.29 is 23.6 Å². The van der Waals surface area contributed by atoms with E-state index in [1.165, 1.54) is 18.2 Å². The lowest BCUT2D eigenvalue weighted by Gasteiger charge is -2.26. The van der Waals surface area contributed by atoms with E-state index in [2.05, 4.69) is 22.0 Å². The Labute approximate surface area is 212 Å². The summed E-state index contributed by atoms with van der Waals surface area (Å²) in [4.78, 5) is 23.4. The van der Waals surface area contributed by atoms with Crippen molar-refractivity contribution in [3.05, 3.63) is 109 Å². The highest BCUT2D eigenvalue weighted by Gasteiger charge is 2.31. The lowest BCUT2D eigenvalue weighted by Crippen LogP contribution is -2.21. The first-order valence-electron chi connectivity index (χ1n) is 10.6. The number of nitriles is 1. The molecule has 1 unspecified atom stereocenters. The second-order valence-corrected chi connectivity index (χ2v) is 8.97. The van der Waals surface area contributed by atoms with E-state index in [0.29, 0.717) is 28.0 Å². The summed E-state index contributed by atoms with van der Waals surface area (Å²) in [5.41, 5.74) is 8.55. The number of non-ortho nitro benzene ring substituents is 1. The third-order valence-corrected chi connectivity index (χ3v) is 6.42. The van der Waals surface area contributed by atoms with Crippen LogP contribution in [0.3, 0.4) is 0 Å². The van der Waals surface area contributed by atoms with Crippen LogP contribution >= 0.6 is 15.9 Å². The monoisotopic (exact) mass is 545 g/mol. The quantitative estimate of drug-likeness (QED) is 0.145. The second-order valence-electron chi connectivity index (χ2n) is 8.06. The van der Waals surface area contributed by atoms with Gasteiger partial charge in [0.2, 0.25) is 11.6 Å². The maximum Gasteiger partial charge on any atom is 0.379 e.